The number of nitrogens with zero attached hydrogens (tertiary/aromatic N) is 2. The molecule has 1 aliphatic carbocycles. The number of fused-ring (bicyclic) bond motifs is 1. The van der Waals surface area contributed by atoms with E-state index in [1.54, 1.807) is 16.2 Å². The number of nitrogen functional groups attached to an aromatic ring is 1. The summed E-state index contributed by atoms with van der Waals surface area (Å²) in [5, 5.41) is 1.10. The van der Waals surface area contributed by atoms with E-state index in [-0.39, 0.29) is 17.3 Å². The van der Waals surface area contributed by atoms with Crippen LogP contribution in [0, 0.1) is 0 Å². The SMILES string of the molecule is Nc1c(C(=O)N2CCCC(c3nc4c(s3)CCCC4)C2)[nH]c(=O)[nH]c1=O. The van der Waals surface area contributed by atoms with Gasteiger partial charge < -0.3 is 15.6 Å². The molecule has 0 saturated carbocycles. The van der Waals surface area contributed by atoms with E-state index in [4.69, 9.17) is 10.7 Å². The predicted molar refractivity (Wildman–Crippen MR) is 98.7 cm³/mol. The Bertz CT molecular complexity index is 937. The number of hydrogen-bond acceptors (Lipinski definition) is 6. The zero-order valence-electron chi connectivity index (χ0n) is 14.3. The first-order valence-electron chi connectivity index (χ1n) is 8.92. The number of aromatic amines is 2. The highest BCUT2D eigenvalue weighted by molar-refractivity contribution is 7.11. The maximum Gasteiger partial charge on any atom is 0.326 e. The fourth-order valence-corrected chi connectivity index (χ4v) is 5.01. The number of carbonyl (C=O) groups is 1. The zero-order chi connectivity index (χ0) is 18.3. The van der Waals surface area contributed by atoms with Gasteiger partial charge in [0.1, 0.15) is 11.4 Å². The smallest absolute Gasteiger partial charge is 0.326 e. The summed E-state index contributed by atoms with van der Waals surface area (Å²) in [6.07, 6.45) is 6.41. The van der Waals surface area contributed by atoms with Crippen molar-refractivity contribution in [2.75, 3.05) is 18.8 Å². The van der Waals surface area contributed by atoms with Gasteiger partial charge in [0.05, 0.1) is 10.7 Å². The number of carbonyl (C=O) groups excluding carboxylic acids is 1. The minimum Gasteiger partial charge on any atom is -0.392 e. The second-order valence-corrected chi connectivity index (χ2v) is 8.03. The van der Waals surface area contributed by atoms with E-state index < -0.39 is 17.2 Å². The molecule has 3 heterocycles. The van der Waals surface area contributed by atoms with Crippen molar-refractivity contribution in [3.63, 3.8) is 0 Å². The lowest BCUT2D eigenvalue weighted by molar-refractivity contribution is 0.0701. The fraction of sp³-hybridized carbons (Fsp3) is 0.529. The number of H-pyrrole nitrogens is 2. The van der Waals surface area contributed by atoms with Crippen LogP contribution in [-0.4, -0.2) is 38.8 Å². The standard InChI is InChI=1S/C17H21N5O3S/c18-12-13(20-17(25)21-14(12)23)16(24)22-7-3-4-9(8-22)15-19-10-5-1-2-6-11(10)26-15/h9H,1-8,18H2,(H2,20,21,23,25). The molecule has 1 aliphatic heterocycles. The maximum absolute atomic E-state index is 12.8. The number of rotatable bonds is 2. The number of hydrogen-bond donors (Lipinski definition) is 3. The van der Waals surface area contributed by atoms with Crippen molar-refractivity contribution in [2.45, 2.75) is 44.4 Å². The molecule has 0 spiro atoms. The number of piperidine rings is 1. The number of aryl methyl sites for hydroxylation is 2. The van der Waals surface area contributed by atoms with Gasteiger partial charge in [-0.1, -0.05) is 0 Å². The van der Waals surface area contributed by atoms with E-state index in [0.717, 1.165) is 30.7 Å². The Labute approximate surface area is 153 Å². The van der Waals surface area contributed by atoms with E-state index in [9.17, 15) is 14.4 Å². The minimum atomic E-state index is -0.738. The summed E-state index contributed by atoms with van der Waals surface area (Å²) in [6.45, 7) is 1.11. The summed E-state index contributed by atoms with van der Waals surface area (Å²) < 4.78 is 0. The number of nitrogens with one attached hydrogen (secondary N) is 2. The topological polar surface area (TPSA) is 125 Å². The first kappa shape index (κ1) is 17.0. The van der Waals surface area contributed by atoms with Crippen molar-refractivity contribution in [1.29, 1.82) is 0 Å². The molecule has 8 nitrogen and oxygen atoms in total. The van der Waals surface area contributed by atoms with Gasteiger partial charge in [0, 0.05) is 23.9 Å². The molecule has 4 N–H and O–H groups in total. The molecule has 0 bridgehead atoms. The van der Waals surface area contributed by atoms with Gasteiger partial charge in [-0.05, 0) is 38.5 Å². The van der Waals surface area contributed by atoms with Gasteiger partial charge in [-0.3, -0.25) is 14.6 Å². The van der Waals surface area contributed by atoms with Gasteiger partial charge in [-0.15, -0.1) is 11.3 Å². The van der Waals surface area contributed by atoms with Gasteiger partial charge in [0.15, 0.2) is 0 Å². The van der Waals surface area contributed by atoms with Crippen LogP contribution in [0.5, 0.6) is 0 Å². The van der Waals surface area contributed by atoms with Crippen LogP contribution >= 0.6 is 11.3 Å². The van der Waals surface area contributed by atoms with Crippen LogP contribution < -0.4 is 17.0 Å². The van der Waals surface area contributed by atoms with E-state index in [1.807, 2.05) is 4.98 Å². The van der Waals surface area contributed by atoms with Gasteiger partial charge >= 0.3 is 5.69 Å². The van der Waals surface area contributed by atoms with Crippen LogP contribution in [0.2, 0.25) is 0 Å². The second kappa shape index (κ2) is 6.71. The Morgan fingerprint density at radius 3 is 2.81 bits per heavy atom. The molecule has 26 heavy (non-hydrogen) atoms. The lowest BCUT2D eigenvalue weighted by Crippen LogP contribution is -2.41. The number of aromatic nitrogens is 3. The highest BCUT2D eigenvalue weighted by Gasteiger charge is 2.30. The zero-order valence-corrected chi connectivity index (χ0v) is 15.2. The molecule has 1 amide bonds. The molecule has 0 aromatic carbocycles. The predicted octanol–water partition coefficient (Wildman–Crippen LogP) is 1.00. The molecule has 1 saturated heterocycles. The van der Waals surface area contributed by atoms with E-state index >= 15 is 0 Å². The highest BCUT2D eigenvalue weighted by Crippen LogP contribution is 2.35. The van der Waals surface area contributed by atoms with Crippen LogP contribution in [-0.2, 0) is 12.8 Å². The molecular formula is C17H21N5O3S. The van der Waals surface area contributed by atoms with Crippen LogP contribution in [0.3, 0.4) is 0 Å². The Kier molecular flexibility index (Phi) is 4.39. The maximum atomic E-state index is 12.8. The quantitative estimate of drug-likeness (QED) is 0.722. The molecule has 2 aliphatic rings. The normalized spacial score (nSPS) is 20.0. The van der Waals surface area contributed by atoms with Crippen LogP contribution in [0.25, 0.3) is 0 Å². The van der Waals surface area contributed by atoms with Crippen molar-refractivity contribution in [3.05, 3.63) is 42.1 Å². The fourth-order valence-electron chi connectivity index (χ4n) is 3.73. The van der Waals surface area contributed by atoms with Gasteiger partial charge in [0.2, 0.25) is 0 Å². The summed E-state index contributed by atoms with van der Waals surface area (Å²) in [6, 6.07) is 0. The summed E-state index contributed by atoms with van der Waals surface area (Å²) in [4.78, 5) is 48.2. The van der Waals surface area contributed by atoms with Crippen LogP contribution in [0.4, 0.5) is 5.69 Å². The summed E-state index contributed by atoms with van der Waals surface area (Å²) in [5.74, 6) is -0.213. The largest absolute Gasteiger partial charge is 0.392 e. The Morgan fingerprint density at radius 2 is 2.00 bits per heavy atom. The average Bonchev–Trinajstić information content (AvgIpc) is 3.08. The van der Waals surface area contributed by atoms with E-state index in [0.29, 0.717) is 13.1 Å². The number of nitrogens with two attached hydrogens (primary N) is 1. The second-order valence-electron chi connectivity index (χ2n) is 6.92. The van der Waals surface area contributed by atoms with Crippen molar-refractivity contribution in [1.82, 2.24) is 19.9 Å². The Balaban J connectivity index is 1.57. The number of thiazole rings is 1. The molecule has 9 heteroatoms. The molecular weight excluding hydrogens is 354 g/mol. The molecule has 2 aromatic rings. The molecule has 1 fully saturated rings. The van der Waals surface area contributed by atoms with Gasteiger partial charge in [-0.2, -0.15) is 0 Å². The molecule has 138 valence electrons. The third-order valence-corrected chi connectivity index (χ3v) is 6.43. The number of amides is 1. The highest BCUT2D eigenvalue weighted by atomic mass is 32.1. The van der Waals surface area contributed by atoms with Crippen molar-refractivity contribution in [2.24, 2.45) is 0 Å². The van der Waals surface area contributed by atoms with Crippen LogP contribution in [0.1, 0.15) is 57.7 Å². The monoisotopic (exact) mass is 375 g/mol. The van der Waals surface area contributed by atoms with Gasteiger partial charge in [0.25, 0.3) is 11.5 Å². The van der Waals surface area contributed by atoms with E-state index in [1.165, 1.54) is 23.4 Å². The average molecular weight is 375 g/mol. The van der Waals surface area contributed by atoms with Crippen LogP contribution in [0.15, 0.2) is 9.59 Å². The molecule has 1 unspecified atom stereocenters. The summed E-state index contributed by atoms with van der Waals surface area (Å²) in [5.41, 5.74) is 5.08. The van der Waals surface area contributed by atoms with E-state index in [2.05, 4.69) is 4.98 Å². The van der Waals surface area contributed by atoms with Crippen molar-refractivity contribution in [3.8, 4) is 0 Å². The Morgan fingerprint density at radius 1 is 1.19 bits per heavy atom. The molecule has 2 aromatic heterocycles. The van der Waals surface area contributed by atoms with Gasteiger partial charge in [-0.25, -0.2) is 9.78 Å². The third-order valence-electron chi connectivity index (χ3n) is 5.11. The number of anilines is 1. The van der Waals surface area contributed by atoms with Crippen molar-refractivity contribution >= 4 is 22.9 Å². The molecule has 1 atom stereocenters. The lowest BCUT2D eigenvalue weighted by Gasteiger charge is -2.31. The lowest BCUT2D eigenvalue weighted by atomic mass is 9.98. The first-order valence-corrected chi connectivity index (χ1v) is 9.74. The Hall–Kier alpha value is -2.42. The molecule has 0 radical (unpaired) electrons. The molecule has 4 rings (SSSR count). The van der Waals surface area contributed by atoms with Crippen molar-refractivity contribution < 1.29 is 4.79 Å². The third kappa shape index (κ3) is 3.07. The summed E-state index contributed by atoms with van der Waals surface area (Å²) >= 11 is 1.77. The first-order chi connectivity index (χ1) is 12.5. The summed E-state index contributed by atoms with van der Waals surface area (Å²) in [7, 11) is 0. The number of likely N-dealkylation sites (tertiary alicyclic amines) is 1. The minimum absolute atomic E-state index is 0.127.